The smallest absolute Gasteiger partial charge is 0.280 e. The molecule has 0 saturated carbocycles. The molecule has 0 heterocycles. The maximum atomic E-state index is 12.1. The molecule has 0 aliphatic carbocycles. The van der Waals surface area contributed by atoms with Gasteiger partial charge in [-0.25, -0.2) is 5.43 Å². The molecule has 3 aromatic carbocycles. The number of rotatable bonds is 5. The molecule has 1 N–H and O–H groups in total. The van der Waals surface area contributed by atoms with Crippen molar-refractivity contribution in [2.45, 2.75) is 13.0 Å². The van der Waals surface area contributed by atoms with E-state index in [2.05, 4.69) is 10.5 Å². The topological polar surface area (TPSA) is 50.7 Å². The quantitative estimate of drug-likeness (QED) is 0.546. The van der Waals surface area contributed by atoms with Gasteiger partial charge < -0.3 is 4.74 Å². The molecule has 0 aromatic heterocycles. The molecule has 0 aliphatic heterocycles. The van der Waals surface area contributed by atoms with Gasteiger partial charge in [0.2, 0.25) is 0 Å². The first kappa shape index (κ1) is 17.0. The molecule has 4 nitrogen and oxygen atoms in total. The first-order chi connectivity index (χ1) is 12.1. The highest BCUT2D eigenvalue weighted by Crippen LogP contribution is 2.21. The summed E-state index contributed by atoms with van der Waals surface area (Å²) in [6, 6.07) is 20.9. The first-order valence-electron chi connectivity index (χ1n) is 7.86. The van der Waals surface area contributed by atoms with E-state index in [-0.39, 0.29) is 5.91 Å². The van der Waals surface area contributed by atoms with Gasteiger partial charge >= 0.3 is 0 Å². The molecule has 0 fully saturated rings. The van der Waals surface area contributed by atoms with Gasteiger partial charge in [0.25, 0.3) is 5.91 Å². The van der Waals surface area contributed by atoms with Crippen LogP contribution in [0.5, 0.6) is 5.75 Å². The van der Waals surface area contributed by atoms with Gasteiger partial charge in [-0.2, -0.15) is 5.10 Å². The number of halogens is 1. The van der Waals surface area contributed by atoms with Gasteiger partial charge in [0, 0.05) is 5.02 Å². The van der Waals surface area contributed by atoms with Crippen LogP contribution in [0, 0.1) is 0 Å². The SMILES string of the molecule is CC(Oc1ccc2ccccc2c1)C(=O)N/N=C/c1cccc(Cl)c1. The summed E-state index contributed by atoms with van der Waals surface area (Å²) < 4.78 is 5.70. The second-order valence-electron chi connectivity index (χ2n) is 5.56. The van der Waals surface area contributed by atoms with Crippen molar-refractivity contribution in [2.24, 2.45) is 5.10 Å². The second kappa shape index (κ2) is 7.81. The van der Waals surface area contributed by atoms with Crippen LogP contribution in [-0.4, -0.2) is 18.2 Å². The number of carbonyl (C=O) groups excluding carboxylic acids is 1. The fourth-order valence-corrected chi connectivity index (χ4v) is 2.55. The van der Waals surface area contributed by atoms with Gasteiger partial charge in [0.15, 0.2) is 6.10 Å². The van der Waals surface area contributed by atoms with Gasteiger partial charge in [-0.3, -0.25) is 4.79 Å². The van der Waals surface area contributed by atoms with Crippen LogP contribution in [0.3, 0.4) is 0 Å². The largest absolute Gasteiger partial charge is 0.481 e. The minimum Gasteiger partial charge on any atom is -0.481 e. The van der Waals surface area contributed by atoms with E-state index < -0.39 is 6.10 Å². The Morgan fingerprint density at radius 3 is 2.68 bits per heavy atom. The van der Waals surface area contributed by atoms with Gasteiger partial charge in [-0.1, -0.05) is 54.1 Å². The van der Waals surface area contributed by atoms with Crippen molar-refractivity contribution in [1.82, 2.24) is 5.43 Å². The Hall–Kier alpha value is -2.85. The summed E-state index contributed by atoms with van der Waals surface area (Å²) in [6.07, 6.45) is 0.865. The summed E-state index contributed by atoms with van der Waals surface area (Å²) in [5.74, 6) is 0.312. The lowest BCUT2D eigenvalue weighted by Gasteiger charge is -2.13. The third-order valence-electron chi connectivity index (χ3n) is 3.64. The normalized spacial score (nSPS) is 12.2. The van der Waals surface area contributed by atoms with Crippen molar-refractivity contribution in [1.29, 1.82) is 0 Å². The summed E-state index contributed by atoms with van der Waals surface area (Å²) in [4.78, 5) is 12.1. The predicted molar refractivity (Wildman–Crippen MR) is 101 cm³/mol. The fourth-order valence-electron chi connectivity index (χ4n) is 2.35. The van der Waals surface area contributed by atoms with E-state index in [0.717, 1.165) is 16.3 Å². The van der Waals surface area contributed by atoms with E-state index in [9.17, 15) is 4.79 Å². The molecular weight excluding hydrogens is 336 g/mol. The molecule has 1 unspecified atom stereocenters. The van der Waals surface area contributed by atoms with Gasteiger partial charge in [0.05, 0.1) is 6.21 Å². The Morgan fingerprint density at radius 2 is 1.88 bits per heavy atom. The number of benzene rings is 3. The fraction of sp³-hybridized carbons (Fsp3) is 0.100. The number of fused-ring (bicyclic) bond motifs is 1. The van der Waals surface area contributed by atoms with E-state index in [0.29, 0.717) is 10.8 Å². The average molecular weight is 353 g/mol. The highest BCUT2D eigenvalue weighted by atomic mass is 35.5. The summed E-state index contributed by atoms with van der Waals surface area (Å²) in [7, 11) is 0. The van der Waals surface area contributed by atoms with Crippen LogP contribution in [0.2, 0.25) is 5.02 Å². The predicted octanol–water partition coefficient (Wildman–Crippen LogP) is 4.41. The number of nitrogens with one attached hydrogen (secondary N) is 1. The summed E-state index contributed by atoms with van der Waals surface area (Å²) in [5.41, 5.74) is 3.27. The Balaban J connectivity index is 1.59. The third kappa shape index (κ3) is 4.58. The molecule has 1 amide bonds. The van der Waals surface area contributed by atoms with Gasteiger partial charge in [0.1, 0.15) is 5.75 Å². The zero-order valence-electron chi connectivity index (χ0n) is 13.6. The number of hydrogen-bond donors (Lipinski definition) is 1. The molecule has 3 rings (SSSR count). The average Bonchev–Trinajstić information content (AvgIpc) is 2.61. The first-order valence-corrected chi connectivity index (χ1v) is 8.23. The summed E-state index contributed by atoms with van der Waals surface area (Å²) in [5, 5.41) is 6.73. The molecule has 126 valence electrons. The van der Waals surface area contributed by atoms with Crippen molar-refractivity contribution in [3.8, 4) is 5.75 Å². The minimum absolute atomic E-state index is 0.327. The van der Waals surface area contributed by atoms with Gasteiger partial charge in [-0.05, 0) is 47.5 Å². The van der Waals surface area contributed by atoms with E-state index >= 15 is 0 Å². The number of ether oxygens (including phenoxy) is 1. The molecule has 3 aromatic rings. The second-order valence-corrected chi connectivity index (χ2v) is 5.99. The molecule has 0 spiro atoms. The van der Waals surface area contributed by atoms with E-state index in [4.69, 9.17) is 16.3 Å². The molecule has 25 heavy (non-hydrogen) atoms. The lowest BCUT2D eigenvalue weighted by atomic mass is 10.1. The summed E-state index contributed by atoms with van der Waals surface area (Å²) in [6.45, 7) is 1.68. The zero-order chi connectivity index (χ0) is 17.6. The van der Waals surface area contributed by atoms with Crippen LogP contribution in [0.25, 0.3) is 10.8 Å². The van der Waals surface area contributed by atoms with Crippen LogP contribution >= 0.6 is 11.6 Å². The lowest BCUT2D eigenvalue weighted by molar-refractivity contribution is -0.127. The Kier molecular flexibility index (Phi) is 5.31. The summed E-state index contributed by atoms with van der Waals surface area (Å²) >= 11 is 5.90. The number of amides is 1. The Bertz CT molecular complexity index is 924. The highest BCUT2D eigenvalue weighted by molar-refractivity contribution is 6.30. The van der Waals surface area contributed by atoms with Gasteiger partial charge in [-0.15, -0.1) is 0 Å². The van der Waals surface area contributed by atoms with E-state index in [1.807, 2.05) is 54.6 Å². The van der Waals surface area contributed by atoms with Crippen LogP contribution < -0.4 is 10.2 Å². The Labute approximate surface area is 151 Å². The van der Waals surface area contributed by atoms with E-state index in [1.165, 1.54) is 6.21 Å². The van der Waals surface area contributed by atoms with Crippen LogP contribution in [0.4, 0.5) is 0 Å². The monoisotopic (exact) mass is 352 g/mol. The number of hydrazone groups is 1. The molecule has 0 radical (unpaired) electrons. The molecule has 5 heteroatoms. The highest BCUT2D eigenvalue weighted by Gasteiger charge is 2.14. The number of nitrogens with zero attached hydrogens (tertiary/aromatic N) is 1. The number of carbonyl (C=O) groups is 1. The van der Waals surface area contributed by atoms with Crippen molar-refractivity contribution in [2.75, 3.05) is 0 Å². The minimum atomic E-state index is -0.669. The molecule has 0 bridgehead atoms. The molecule has 0 saturated heterocycles. The van der Waals surface area contributed by atoms with Crippen molar-refractivity contribution >= 4 is 34.5 Å². The maximum absolute atomic E-state index is 12.1. The standard InChI is InChI=1S/C20H17ClN2O2/c1-14(20(24)23-22-13-15-5-4-8-18(21)11-15)25-19-10-9-16-6-2-3-7-17(16)12-19/h2-14H,1H3,(H,23,24)/b22-13+. The molecule has 0 aliphatic rings. The third-order valence-corrected chi connectivity index (χ3v) is 3.88. The maximum Gasteiger partial charge on any atom is 0.280 e. The van der Waals surface area contributed by atoms with E-state index in [1.54, 1.807) is 19.1 Å². The van der Waals surface area contributed by atoms with Crippen molar-refractivity contribution in [3.63, 3.8) is 0 Å². The lowest BCUT2D eigenvalue weighted by Crippen LogP contribution is -2.33. The van der Waals surface area contributed by atoms with Crippen molar-refractivity contribution < 1.29 is 9.53 Å². The number of hydrogen-bond acceptors (Lipinski definition) is 3. The molecule has 1 atom stereocenters. The molecular formula is C20H17ClN2O2. The Morgan fingerprint density at radius 1 is 1.08 bits per heavy atom. The van der Waals surface area contributed by atoms with Crippen LogP contribution in [0.15, 0.2) is 71.8 Å². The van der Waals surface area contributed by atoms with Crippen LogP contribution in [0.1, 0.15) is 12.5 Å². The zero-order valence-corrected chi connectivity index (χ0v) is 14.4. The van der Waals surface area contributed by atoms with Crippen molar-refractivity contribution in [3.05, 3.63) is 77.3 Å². The van der Waals surface area contributed by atoms with Crippen LogP contribution in [-0.2, 0) is 4.79 Å².